The molecule has 1 fully saturated rings. The SMILES string of the molecule is COc1ccc(C(c2c(NC(=O)c3cccs3)sc(C)c2C)N2CCCCC2)cc1OC. The summed E-state index contributed by atoms with van der Waals surface area (Å²) < 4.78 is 11.1. The Morgan fingerprint density at radius 2 is 1.81 bits per heavy atom. The topological polar surface area (TPSA) is 50.8 Å². The van der Waals surface area contributed by atoms with E-state index in [1.165, 1.54) is 46.6 Å². The number of rotatable bonds is 7. The average Bonchev–Trinajstić information content (AvgIpc) is 3.45. The number of aryl methyl sites for hydroxylation is 1. The molecule has 1 amide bonds. The zero-order valence-corrected chi connectivity index (χ0v) is 20.7. The highest BCUT2D eigenvalue weighted by atomic mass is 32.1. The lowest BCUT2D eigenvalue weighted by atomic mass is 9.93. The van der Waals surface area contributed by atoms with E-state index in [0.29, 0.717) is 0 Å². The number of nitrogens with zero attached hydrogens (tertiary/aromatic N) is 1. The largest absolute Gasteiger partial charge is 0.493 e. The van der Waals surface area contributed by atoms with Crippen LogP contribution in [0.2, 0.25) is 0 Å². The van der Waals surface area contributed by atoms with Crippen LogP contribution in [0.4, 0.5) is 5.00 Å². The Hall–Kier alpha value is -2.35. The van der Waals surface area contributed by atoms with Crippen LogP contribution >= 0.6 is 22.7 Å². The second-order valence-electron chi connectivity index (χ2n) is 8.07. The van der Waals surface area contributed by atoms with Crippen LogP contribution in [0, 0.1) is 13.8 Å². The fraction of sp³-hybridized carbons (Fsp3) is 0.400. The molecule has 1 N–H and O–H groups in total. The van der Waals surface area contributed by atoms with Gasteiger partial charge in [0.05, 0.1) is 25.1 Å². The Balaban J connectivity index is 1.80. The van der Waals surface area contributed by atoms with Crippen molar-refractivity contribution in [2.45, 2.75) is 39.2 Å². The first-order valence-corrected chi connectivity index (χ1v) is 12.6. The molecule has 1 aliphatic rings. The molecule has 1 atom stereocenters. The van der Waals surface area contributed by atoms with Gasteiger partial charge >= 0.3 is 0 Å². The summed E-state index contributed by atoms with van der Waals surface area (Å²) in [6, 6.07) is 9.99. The molecule has 0 saturated carbocycles. The van der Waals surface area contributed by atoms with Gasteiger partial charge in [-0.2, -0.15) is 0 Å². The Morgan fingerprint density at radius 3 is 2.47 bits per heavy atom. The van der Waals surface area contributed by atoms with Gasteiger partial charge in [0, 0.05) is 10.4 Å². The van der Waals surface area contributed by atoms with Crippen molar-refractivity contribution in [3.63, 3.8) is 0 Å². The Bertz CT molecular complexity index is 1070. The van der Waals surface area contributed by atoms with Crippen molar-refractivity contribution in [3.05, 3.63) is 62.2 Å². The molecular weight excluding hydrogens is 440 g/mol. The van der Waals surface area contributed by atoms with Crippen LogP contribution in [0.15, 0.2) is 35.7 Å². The maximum atomic E-state index is 12.9. The summed E-state index contributed by atoms with van der Waals surface area (Å²) in [6.45, 7) is 6.36. The number of benzene rings is 1. The number of amides is 1. The number of piperidine rings is 1. The molecule has 1 saturated heterocycles. The highest BCUT2D eigenvalue weighted by Gasteiger charge is 2.31. The molecule has 3 aromatic rings. The van der Waals surface area contributed by atoms with Crippen molar-refractivity contribution < 1.29 is 14.3 Å². The molecule has 5 nitrogen and oxygen atoms in total. The summed E-state index contributed by atoms with van der Waals surface area (Å²) in [5, 5.41) is 6.09. The van der Waals surface area contributed by atoms with Gasteiger partial charge in [-0.15, -0.1) is 22.7 Å². The second kappa shape index (κ2) is 10.1. The van der Waals surface area contributed by atoms with Gasteiger partial charge in [-0.25, -0.2) is 0 Å². The fourth-order valence-electron chi connectivity index (χ4n) is 4.40. The third kappa shape index (κ3) is 4.56. The van der Waals surface area contributed by atoms with E-state index < -0.39 is 0 Å². The molecule has 0 radical (unpaired) electrons. The number of thiophene rings is 2. The first kappa shape index (κ1) is 22.8. The fourth-order valence-corrected chi connectivity index (χ4v) is 6.11. The van der Waals surface area contributed by atoms with Crippen LogP contribution in [-0.2, 0) is 0 Å². The first-order valence-electron chi connectivity index (χ1n) is 10.9. The number of carbonyl (C=O) groups is 1. The molecule has 1 unspecified atom stereocenters. The van der Waals surface area contributed by atoms with E-state index in [9.17, 15) is 4.79 Å². The molecule has 170 valence electrons. The van der Waals surface area contributed by atoms with E-state index in [0.717, 1.165) is 40.0 Å². The highest BCUT2D eigenvalue weighted by molar-refractivity contribution is 7.17. The van der Waals surface area contributed by atoms with Crippen LogP contribution < -0.4 is 14.8 Å². The van der Waals surface area contributed by atoms with Crippen LogP contribution in [0.3, 0.4) is 0 Å². The smallest absolute Gasteiger partial charge is 0.266 e. The van der Waals surface area contributed by atoms with Gasteiger partial charge < -0.3 is 14.8 Å². The van der Waals surface area contributed by atoms with Crippen LogP contribution in [0.1, 0.15) is 56.5 Å². The summed E-state index contributed by atoms with van der Waals surface area (Å²) in [5.41, 5.74) is 3.57. The third-order valence-corrected chi connectivity index (χ3v) is 8.16. The van der Waals surface area contributed by atoms with Crippen molar-refractivity contribution in [3.8, 4) is 11.5 Å². The van der Waals surface area contributed by atoms with E-state index in [-0.39, 0.29) is 11.9 Å². The van der Waals surface area contributed by atoms with Crippen molar-refractivity contribution in [1.82, 2.24) is 4.90 Å². The van der Waals surface area contributed by atoms with Crippen LogP contribution in [0.5, 0.6) is 11.5 Å². The summed E-state index contributed by atoms with van der Waals surface area (Å²) in [5.74, 6) is 1.39. The number of anilines is 1. The lowest BCUT2D eigenvalue weighted by Crippen LogP contribution is -2.35. The van der Waals surface area contributed by atoms with Crippen LogP contribution in [-0.4, -0.2) is 38.1 Å². The van der Waals surface area contributed by atoms with Gasteiger partial charge in [-0.1, -0.05) is 18.6 Å². The maximum Gasteiger partial charge on any atom is 0.266 e. The van der Waals surface area contributed by atoms with Crippen molar-refractivity contribution in [2.75, 3.05) is 32.6 Å². The number of ether oxygens (including phenoxy) is 2. The minimum Gasteiger partial charge on any atom is -0.493 e. The van der Waals surface area contributed by atoms with Crippen LogP contribution in [0.25, 0.3) is 0 Å². The molecular formula is C25H30N2O3S2. The molecule has 0 aliphatic carbocycles. The maximum absolute atomic E-state index is 12.9. The average molecular weight is 471 g/mol. The van der Waals surface area contributed by atoms with E-state index >= 15 is 0 Å². The second-order valence-corrected chi connectivity index (χ2v) is 10.2. The number of hydrogen-bond acceptors (Lipinski definition) is 6. The number of likely N-dealkylation sites (tertiary alicyclic amines) is 1. The standard InChI is InChI=1S/C25H30N2O3S2/c1-16-17(2)32-25(26-24(28)21-9-8-14-31-21)22(16)23(27-12-6-5-7-13-27)18-10-11-19(29-3)20(15-18)30-4/h8-11,14-15,23H,5-7,12-13H2,1-4H3,(H,26,28). The summed E-state index contributed by atoms with van der Waals surface area (Å²) in [6.07, 6.45) is 3.63. The number of carbonyl (C=O) groups excluding carboxylic acids is 1. The molecule has 1 aromatic carbocycles. The molecule has 32 heavy (non-hydrogen) atoms. The van der Waals surface area contributed by atoms with Gasteiger partial charge in [-0.3, -0.25) is 9.69 Å². The monoisotopic (exact) mass is 470 g/mol. The van der Waals surface area contributed by atoms with Gasteiger partial charge in [-0.05, 0) is 74.5 Å². The van der Waals surface area contributed by atoms with Gasteiger partial charge in [0.1, 0.15) is 5.00 Å². The summed E-state index contributed by atoms with van der Waals surface area (Å²) in [4.78, 5) is 17.4. The zero-order chi connectivity index (χ0) is 22.7. The van der Waals surface area contributed by atoms with Crippen molar-refractivity contribution in [2.24, 2.45) is 0 Å². The third-order valence-electron chi connectivity index (χ3n) is 6.16. The lowest BCUT2D eigenvalue weighted by Gasteiger charge is -2.36. The predicted molar refractivity (Wildman–Crippen MR) is 133 cm³/mol. The molecule has 2 aromatic heterocycles. The number of hydrogen-bond donors (Lipinski definition) is 1. The van der Waals surface area contributed by atoms with Gasteiger partial charge in [0.25, 0.3) is 5.91 Å². The molecule has 4 rings (SSSR count). The van der Waals surface area contributed by atoms with E-state index in [4.69, 9.17) is 9.47 Å². The molecule has 0 spiro atoms. The number of nitrogens with one attached hydrogen (secondary N) is 1. The van der Waals surface area contributed by atoms with E-state index in [1.807, 2.05) is 23.6 Å². The lowest BCUT2D eigenvalue weighted by molar-refractivity contribution is 0.103. The molecule has 0 bridgehead atoms. The van der Waals surface area contributed by atoms with Gasteiger partial charge in [0.15, 0.2) is 11.5 Å². The quantitative estimate of drug-likeness (QED) is 0.442. The van der Waals surface area contributed by atoms with E-state index in [2.05, 4.69) is 36.2 Å². The Kier molecular flexibility index (Phi) is 7.18. The zero-order valence-electron chi connectivity index (χ0n) is 19.1. The Morgan fingerprint density at radius 1 is 1.06 bits per heavy atom. The summed E-state index contributed by atoms with van der Waals surface area (Å²) in [7, 11) is 3.33. The van der Waals surface area contributed by atoms with E-state index in [1.54, 1.807) is 25.6 Å². The molecule has 1 aliphatic heterocycles. The summed E-state index contributed by atoms with van der Waals surface area (Å²) >= 11 is 3.12. The normalized spacial score (nSPS) is 15.4. The highest BCUT2D eigenvalue weighted by Crippen LogP contribution is 2.44. The minimum absolute atomic E-state index is 0.0405. The Labute approximate surface area is 198 Å². The molecule has 3 heterocycles. The van der Waals surface area contributed by atoms with Crippen molar-refractivity contribution in [1.29, 1.82) is 0 Å². The van der Waals surface area contributed by atoms with Gasteiger partial charge in [0.2, 0.25) is 0 Å². The van der Waals surface area contributed by atoms with Crippen molar-refractivity contribution >= 4 is 33.6 Å². The first-order chi connectivity index (χ1) is 15.5. The predicted octanol–water partition coefficient (Wildman–Crippen LogP) is 6.27. The molecule has 7 heteroatoms. The minimum atomic E-state index is -0.0489. The number of methoxy groups -OCH3 is 2.